The van der Waals surface area contributed by atoms with Crippen LogP contribution in [0.3, 0.4) is 0 Å². The van der Waals surface area contributed by atoms with Gasteiger partial charge in [0, 0.05) is 19.1 Å². The first-order valence-corrected chi connectivity index (χ1v) is 12.1. The second-order valence-corrected chi connectivity index (χ2v) is 9.68. The highest BCUT2D eigenvalue weighted by Gasteiger charge is 2.24. The molecule has 0 bridgehead atoms. The monoisotopic (exact) mass is 443 g/mol. The van der Waals surface area contributed by atoms with E-state index in [1.54, 1.807) is 36.4 Å². The summed E-state index contributed by atoms with van der Waals surface area (Å²) >= 11 is 0. The van der Waals surface area contributed by atoms with Crippen LogP contribution in [-0.2, 0) is 22.8 Å². The minimum Gasteiger partial charge on any atom is -0.287 e. The third-order valence-electron chi connectivity index (χ3n) is 5.27. The van der Waals surface area contributed by atoms with Crippen molar-refractivity contribution in [1.82, 2.24) is 4.90 Å². The zero-order chi connectivity index (χ0) is 22.8. The molecule has 0 spiro atoms. The SMILES string of the molecule is C=C/C=C/[C@H](Cc1ccccc1)N(CC(=C)S(=O)(=O)c1ccccc1)Cc1ccccc1. The molecule has 0 radical (unpaired) electrons. The fourth-order valence-corrected chi connectivity index (χ4v) is 4.75. The molecule has 0 aliphatic rings. The van der Waals surface area contributed by atoms with E-state index in [9.17, 15) is 8.42 Å². The van der Waals surface area contributed by atoms with Crippen molar-refractivity contribution in [3.63, 3.8) is 0 Å². The molecule has 0 aromatic heterocycles. The molecule has 0 amide bonds. The fraction of sp³-hybridized carbons (Fsp3) is 0.143. The van der Waals surface area contributed by atoms with Gasteiger partial charge < -0.3 is 0 Å². The predicted molar refractivity (Wildman–Crippen MR) is 133 cm³/mol. The van der Waals surface area contributed by atoms with Crippen LogP contribution < -0.4 is 0 Å². The van der Waals surface area contributed by atoms with Crippen molar-refractivity contribution >= 4 is 9.84 Å². The van der Waals surface area contributed by atoms with Crippen molar-refractivity contribution in [2.45, 2.75) is 23.9 Å². The number of allylic oxidation sites excluding steroid dienone is 2. The first-order valence-electron chi connectivity index (χ1n) is 10.6. The maximum Gasteiger partial charge on any atom is 0.203 e. The second-order valence-electron chi connectivity index (χ2n) is 7.62. The van der Waals surface area contributed by atoms with Crippen molar-refractivity contribution in [3.8, 4) is 0 Å². The number of benzene rings is 3. The fourth-order valence-electron chi connectivity index (χ4n) is 3.57. The van der Waals surface area contributed by atoms with Gasteiger partial charge in [0.2, 0.25) is 9.84 Å². The molecule has 0 saturated heterocycles. The standard InChI is InChI=1S/C28H29NO2S/c1-3-4-18-27(21-25-14-8-5-9-15-25)29(23-26-16-10-6-11-17-26)22-24(2)32(30,31)28-19-12-7-13-20-28/h3-20,27H,1-2,21-23H2/b18-4+/t27-/m1/s1. The summed E-state index contributed by atoms with van der Waals surface area (Å²) in [5.74, 6) is 0. The highest BCUT2D eigenvalue weighted by molar-refractivity contribution is 7.95. The van der Waals surface area contributed by atoms with Crippen molar-refractivity contribution in [2.24, 2.45) is 0 Å². The molecule has 3 aromatic rings. The molecule has 32 heavy (non-hydrogen) atoms. The molecule has 0 saturated carbocycles. The van der Waals surface area contributed by atoms with Gasteiger partial charge in [-0.05, 0) is 29.7 Å². The van der Waals surface area contributed by atoms with Gasteiger partial charge in [-0.15, -0.1) is 0 Å². The Morgan fingerprint density at radius 3 is 1.94 bits per heavy atom. The Hall–Kier alpha value is -3.21. The topological polar surface area (TPSA) is 37.4 Å². The van der Waals surface area contributed by atoms with Gasteiger partial charge >= 0.3 is 0 Å². The summed E-state index contributed by atoms with van der Waals surface area (Å²) in [4.78, 5) is 2.61. The molecule has 1 atom stereocenters. The highest BCUT2D eigenvalue weighted by Crippen LogP contribution is 2.22. The zero-order valence-corrected chi connectivity index (χ0v) is 19.0. The number of nitrogens with zero attached hydrogens (tertiary/aromatic N) is 1. The molecule has 0 N–H and O–H groups in total. The van der Waals surface area contributed by atoms with E-state index in [1.807, 2.05) is 42.5 Å². The Labute approximate surface area is 192 Å². The lowest BCUT2D eigenvalue weighted by molar-refractivity contribution is 0.241. The van der Waals surface area contributed by atoms with Crippen LogP contribution in [0.5, 0.6) is 0 Å². The first kappa shape index (κ1) is 23.5. The summed E-state index contributed by atoms with van der Waals surface area (Å²) < 4.78 is 26.3. The van der Waals surface area contributed by atoms with Crippen LogP contribution >= 0.6 is 0 Å². The van der Waals surface area contributed by atoms with Crippen LogP contribution in [0.25, 0.3) is 0 Å². The lowest BCUT2D eigenvalue weighted by atomic mass is 10.0. The summed E-state index contributed by atoms with van der Waals surface area (Å²) in [7, 11) is -3.63. The van der Waals surface area contributed by atoms with Gasteiger partial charge in [0.15, 0.2) is 0 Å². The molecule has 0 aliphatic carbocycles. The van der Waals surface area contributed by atoms with Gasteiger partial charge in [-0.2, -0.15) is 0 Å². The van der Waals surface area contributed by atoms with Crippen LogP contribution in [0.15, 0.2) is 132 Å². The molecule has 3 nitrogen and oxygen atoms in total. The van der Waals surface area contributed by atoms with E-state index in [2.05, 4.69) is 48.4 Å². The molecule has 164 valence electrons. The number of hydrogen-bond donors (Lipinski definition) is 0. The summed E-state index contributed by atoms with van der Waals surface area (Å²) in [6.45, 7) is 8.61. The Kier molecular flexibility index (Phi) is 8.37. The summed E-state index contributed by atoms with van der Waals surface area (Å²) in [6.07, 6.45) is 6.48. The van der Waals surface area contributed by atoms with Crippen molar-refractivity contribution in [1.29, 1.82) is 0 Å². The maximum atomic E-state index is 13.2. The predicted octanol–water partition coefficient (Wildman–Crippen LogP) is 5.83. The van der Waals surface area contributed by atoms with E-state index in [4.69, 9.17) is 0 Å². The quantitative estimate of drug-likeness (QED) is 0.350. The Bertz CT molecular complexity index is 1140. The average Bonchev–Trinajstić information content (AvgIpc) is 2.83. The van der Waals surface area contributed by atoms with Crippen molar-refractivity contribution in [3.05, 3.63) is 138 Å². The molecule has 0 heterocycles. The minimum atomic E-state index is -3.63. The smallest absolute Gasteiger partial charge is 0.203 e. The van der Waals surface area contributed by atoms with E-state index in [1.165, 1.54) is 5.56 Å². The molecule has 0 aliphatic heterocycles. The van der Waals surface area contributed by atoms with Crippen LogP contribution in [-0.4, -0.2) is 25.9 Å². The van der Waals surface area contributed by atoms with E-state index < -0.39 is 9.84 Å². The summed E-state index contributed by atoms with van der Waals surface area (Å²) in [5, 5.41) is 0. The van der Waals surface area contributed by atoms with Crippen LogP contribution in [0.4, 0.5) is 0 Å². The Morgan fingerprint density at radius 1 is 0.844 bits per heavy atom. The van der Waals surface area contributed by atoms with Crippen molar-refractivity contribution < 1.29 is 8.42 Å². The van der Waals surface area contributed by atoms with Crippen molar-refractivity contribution in [2.75, 3.05) is 6.54 Å². The van der Waals surface area contributed by atoms with Gasteiger partial charge in [0.1, 0.15) is 0 Å². The van der Waals surface area contributed by atoms with Gasteiger partial charge in [-0.3, -0.25) is 4.90 Å². The van der Waals surface area contributed by atoms with Crippen LogP contribution in [0.1, 0.15) is 11.1 Å². The van der Waals surface area contributed by atoms with Gasteiger partial charge in [-0.25, -0.2) is 8.42 Å². The van der Waals surface area contributed by atoms with Gasteiger partial charge in [-0.1, -0.05) is 110 Å². The molecule has 3 rings (SSSR count). The maximum absolute atomic E-state index is 13.2. The zero-order valence-electron chi connectivity index (χ0n) is 18.2. The second kappa shape index (κ2) is 11.4. The number of hydrogen-bond acceptors (Lipinski definition) is 3. The first-order chi connectivity index (χ1) is 15.5. The van der Waals surface area contributed by atoms with Crippen LogP contribution in [0, 0.1) is 0 Å². The average molecular weight is 444 g/mol. The highest BCUT2D eigenvalue weighted by atomic mass is 32.2. The third-order valence-corrected chi connectivity index (χ3v) is 7.05. The molecule has 3 aromatic carbocycles. The Balaban J connectivity index is 1.92. The van der Waals surface area contributed by atoms with E-state index in [0.717, 1.165) is 12.0 Å². The third kappa shape index (κ3) is 6.39. The van der Waals surface area contributed by atoms with Gasteiger partial charge in [0.05, 0.1) is 9.80 Å². The Morgan fingerprint density at radius 2 is 1.38 bits per heavy atom. The lowest BCUT2D eigenvalue weighted by Gasteiger charge is -2.31. The van der Waals surface area contributed by atoms with E-state index in [-0.39, 0.29) is 22.4 Å². The summed E-state index contributed by atoms with van der Waals surface area (Å²) in [6, 6.07) is 28.7. The normalized spacial score (nSPS) is 12.7. The van der Waals surface area contributed by atoms with Crippen LogP contribution in [0.2, 0.25) is 0 Å². The van der Waals surface area contributed by atoms with Gasteiger partial charge in [0.25, 0.3) is 0 Å². The molecular weight excluding hydrogens is 414 g/mol. The minimum absolute atomic E-state index is 0.0293. The summed E-state index contributed by atoms with van der Waals surface area (Å²) in [5.41, 5.74) is 2.29. The van der Waals surface area contributed by atoms with E-state index in [0.29, 0.717) is 6.54 Å². The lowest BCUT2D eigenvalue weighted by Crippen LogP contribution is -2.37. The molecular formula is C28H29NO2S. The molecule has 4 heteroatoms. The molecule has 0 fully saturated rings. The number of rotatable bonds is 11. The number of sulfone groups is 1. The van der Waals surface area contributed by atoms with E-state index >= 15 is 0 Å². The largest absolute Gasteiger partial charge is 0.287 e. The molecule has 0 unspecified atom stereocenters.